The van der Waals surface area contributed by atoms with E-state index in [1.54, 1.807) is 11.3 Å². The summed E-state index contributed by atoms with van der Waals surface area (Å²) in [5.41, 5.74) is 8.28. The van der Waals surface area contributed by atoms with Gasteiger partial charge in [0.05, 0.1) is 10.6 Å². The highest BCUT2D eigenvalue weighted by Gasteiger charge is 2.25. The van der Waals surface area contributed by atoms with Crippen molar-refractivity contribution in [3.05, 3.63) is 27.5 Å². The van der Waals surface area contributed by atoms with E-state index in [1.807, 2.05) is 33.1 Å². The molecule has 0 fully saturated rings. The number of esters is 1. The van der Waals surface area contributed by atoms with Gasteiger partial charge in [-0.2, -0.15) is 0 Å². The summed E-state index contributed by atoms with van der Waals surface area (Å²) in [6.07, 6.45) is 0. The fraction of sp³-hybridized carbons (Fsp3) is 0.400. The number of hydrogen-bond acceptors (Lipinski definition) is 5. The highest BCUT2D eigenvalue weighted by Crippen LogP contribution is 2.42. The molecule has 20 heavy (non-hydrogen) atoms. The first kappa shape index (κ1) is 15.1. The zero-order chi connectivity index (χ0) is 15.1. The van der Waals surface area contributed by atoms with E-state index in [2.05, 4.69) is 13.0 Å². The molecule has 0 spiro atoms. The Balaban J connectivity index is 2.43. The number of thiophene rings is 2. The molecule has 2 aromatic heterocycles. The van der Waals surface area contributed by atoms with E-state index in [1.165, 1.54) is 21.8 Å². The highest BCUT2D eigenvalue weighted by molar-refractivity contribution is 7.23. The van der Waals surface area contributed by atoms with E-state index in [0.717, 1.165) is 10.4 Å². The number of nitrogen functional groups attached to an aromatic ring is 1. The Morgan fingerprint density at radius 3 is 2.40 bits per heavy atom. The molecular weight excluding hydrogens is 290 g/mol. The molecule has 2 rings (SSSR count). The molecular formula is C15H19NO2S2. The first-order valence-corrected chi connectivity index (χ1v) is 8.07. The Hall–Kier alpha value is -1.33. The molecule has 0 saturated heterocycles. The van der Waals surface area contributed by atoms with Crippen LogP contribution in [0, 0.1) is 13.8 Å². The Labute approximate surface area is 127 Å². The molecule has 3 nitrogen and oxygen atoms in total. The molecule has 0 bridgehead atoms. The summed E-state index contributed by atoms with van der Waals surface area (Å²) in [7, 11) is 0. The molecule has 0 amide bonds. The number of nitrogens with two attached hydrogens (primary N) is 1. The highest BCUT2D eigenvalue weighted by atomic mass is 32.1. The normalized spacial score (nSPS) is 11.7. The lowest BCUT2D eigenvalue weighted by molar-refractivity contribution is 0.00763. The Morgan fingerprint density at radius 2 is 1.90 bits per heavy atom. The molecule has 0 aliphatic carbocycles. The minimum absolute atomic E-state index is 0.344. The van der Waals surface area contributed by atoms with Crippen LogP contribution in [0.4, 0.5) is 5.69 Å². The maximum Gasteiger partial charge on any atom is 0.351 e. The average Bonchev–Trinajstić information content (AvgIpc) is 2.83. The third kappa shape index (κ3) is 2.88. The second-order valence-corrected chi connectivity index (χ2v) is 7.67. The lowest BCUT2D eigenvalue weighted by atomic mass is 10.1. The van der Waals surface area contributed by atoms with Crippen molar-refractivity contribution in [2.45, 2.75) is 40.2 Å². The van der Waals surface area contributed by atoms with Gasteiger partial charge in [-0.05, 0) is 57.2 Å². The van der Waals surface area contributed by atoms with E-state index in [4.69, 9.17) is 10.5 Å². The third-order valence-corrected chi connectivity index (χ3v) is 5.31. The topological polar surface area (TPSA) is 52.3 Å². The number of hydrogen-bond donors (Lipinski definition) is 1. The van der Waals surface area contributed by atoms with Crippen LogP contribution in [0.2, 0.25) is 0 Å². The van der Waals surface area contributed by atoms with Crippen LogP contribution in [0.25, 0.3) is 9.75 Å². The summed E-state index contributed by atoms with van der Waals surface area (Å²) in [5.74, 6) is -0.344. The standard InChI is InChI=1S/C15H19NO2S2/c1-8-6-7-19-11(8)12-9(2)10(16)13(20-12)14(17)18-15(3,4)5/h6-7H,16H2,1-5H3. The number of rotatable bonds is 2. The number of carbonyl (C=O) groups excluding carboxylic acids is 1. The second-order valence-electron chi connectivity index (χ2n) is 5.73. The first-order chi connectivity index (χ1) is 9.20. The molecule has 0 aliphatic heterocycles. The summed E-state index contributed by atoms with van der Waals surface area (Å²) in [6.45, 7) is 9.58. The fourth-order valence-electron chi connectivity index (χ4n) is 1.82. The summed E-state index contributed by atoms with van der Waals surface area (Å²) < 4.78 is 5.42. The van der Waals surface area contributed by atoms with Crippen LogP contribution >= 0.6 is 22.7 Å². The maximum atomic E-state index is 12.2. The van der Waals surface area contributed by atoms with Gasteiger partial charge in [-0.25, -0.2) is 4.79 Å². The number of aryl methyl sites for hydroxylation is 1. The Kier molecular flexibility index (Phi) is 3.93. The molecule has 0 aromatic carbocycles. The second kappa shape index (κ2) is 5.22. The fourth-order valence-corrected chi connectivity index (χ4v) is 4.12. The summed E-state index contributed by atoms with van der Waals surface area (Å²) >= 11 is 3.08. The minimum atomic E-state index is -0.513. The van der Waals surface area contributed by atoms with Gasteiger partial charge < -0.3 is 10.5 Å². The first-order valence-electron chi connectivity index (χ1n) is 6.37. The van der Waals surface area contributed by atoms with E-state index in [0.29, 0.717) is 10.6 Å². The summed E-state index contributed by atoms with van der Waals surface area (Å²) in [4.78, 5) is 15.0. The Morgan fingerprint density at radius 1 is 1.25 bits per heavy atom. The number of carbonyl (C=O) groups is 1. The van der Waals surface area contributed by atoms with Gasteiger partial charge >= 0.3 is 5.97 Å². The SMILES string of the molecule is Cc1ccsc1-c1sc(C(=O)OC(C)(C)C)c(N)c1C. The summed E-state index contributed by atoms with van der Waals surface area (Å²) in [6, 6.07) is 2.07. The zero-order valence-corrected chi connectivity index (χ0v) is 14.0. The average molecular weight is 309 g/mol. The monoisotopic (exact) mass is 309 g/mol. The molecule has 2 heterocycles. The van der Waals surface area contributed by atoms with Crippen LogP contribution in [0.3, 0.4) is 0 Å². The molecule has 0 unspecified atom stereocenters. The largest absolute Gasteiger partial charge is 0.456 e. The van der Waals surface area contributed by atoms with Crippen molar-refractivity contribution >= 4 is 34.3 Å². The van der Waals surface area contributed by atoms with E-state index in [-0.39, 0.29) is 5.97 Å². The van der Waals surface area contributed by atoms with Crippen molar-refractivity contribution in [2.75, 3.05) is 5.73 Å². The molecule has 0 atom stereocenters. The van der Waals surface area contributed by atoms with Crippen molar-refractivity contribution in [1.29, 1.82) is 0 Å². The van der Waals surface area contributed by atoms with E-state index >= 15 is 0 Å². The van der Waals surface area contributed by atoms with Crippen molar-refractivity contribution in [3.63, 3.8) is 0 Å². The van der Waals surface area contributed by atoms with Gasteiger partial charge in [0.15, 0.2) is 0 Å². The molecule has 5 heteroatoms. The lowest BCUT2D eigenvalue weighted by Crippen LogP contribution is -2.23. The zero-order valence-electron chi connectivity index (χ0n) is 12.4. The molecule has 0 saturated carbocycles. The van der Waals surface area contributed by atoms with Crippen molar-refractivity contribution in [1.82, 2.24) is 0 Å². The van der Waals surface area contributed by atoms with Gasteiger partial charge in [-0.3, -0.25) is 0 Å². The molecule has 108 valence electrons. The minimum Gasteiger partial charge on any atom is -0.456 e. The molecule has 0 aliphatic rings. The predicted octanol–water partition coefficient (Wildman–Crippen LogP) is 4.63. The molecule has 2 N–H and O–H groups in total. The Bertz CT molecular complexity index is 647. The van der Waals surface area contributed by atoms with Crippen LogP contribution in [0.15, 0.2) is 11.4 Å². The predicted molar refractivity (Wildman–Crippen MR) is 86.7 cm³/mol. The molecule has 0 radical (unpaired) electrons. The van der Waals surface area contributed by atoms with Gasteiger partial charge in [-0.15, -0.1) is 22.7 Å². The van der Waals surface area contributed by atoms with Gasteiger partial charge in [0.25, 0.3) is 0 Å². The third-order valence-electron chi connectivity index (χ3n) is 2.85. The van der Waals surface area contributed by atoms with Gasteiger partial charge in [0.2, 0.25) is 0 Å². The van der Waals surface area contributed by atoms with Crippen molar-refractivity contribution < 1.29 is 9.53 Å². The number of ether oxygens (including phenoxy) is 1. The maximum absolute atomic E-state index is 12.2. The van der Waals surface area contributed by atoms with Crippen molar-refractivity contribution in [2.24, 2.45) is 0 Å². The van der Waals surface area contributed by atoms with Gasteiger partial charge in [-0.1, -0.05) is 0 Å². The number of anilines is 1. The summed E-state index contributed by atoms with van der Waals surface area (Å²) in [5, 5.41) is 2.05. The quantitative estimate of drug-likeness (QED) is 0.823. The van der Waals surface area contributed by atoms with Crippen LogP contribution in [0.5, 0.6) is 0 Å². The lowest BCUT2D eigenvalue weighted by Gasteiger charge is -2.19. The van der Waals surface area contributed by atoms with Crippen LogP contribution in [-0.4, -0.2) is 11.6 Å². The van der Waals surface area contributed by atoms with Crippen LogP contribution in [0.1, 0.15) is 41.6 Å². The van der Waals surface area contributed by atoms with Gasteiger partial charge in [0, 0.05) is 4.88 Å². The van der Waals surface area contributed by atoms with Gasteiger partial charge in [0.1, 0.15) is 10.5 Å². The van der Waals surface area contributed by atoms with E-state index in [9.17, 15) is 4.79 Å². The molecule has 2 aromatic rings. The van der Waals surface area contributed by atoms with E-state index < -0.39 is 5.60 Å². The van der Waals surface area contributed by atoms with Crippen molar-refractivity contribution in [3.8, 4) is 9.75 Å². The smallest absolute Gasteiger partial charge is 0.351 e. The van der Waals surface area contributed by atoms with Crippen LogP contribution in [-0.2, 0) is 4.74 Å². The van der Waals surface area contributed by atoms with Crippen LogP contribution < -0.4 is 5.73 Å².